The predicted octanol–water partition coefficient (Wildman–Crippen LogP) is -1.23. The Morgan fingerprint density at radius 3 is 2.41 bits per heavy atom. The zero-order valence-electron chi connectivity index (χ0n) is 13.8. The summed E-state index contributed by atoms with van der Waals surface area (Å²) in [6.45, 7) is 1.61. The molecule has 0 spiro atoms. The Bertz CT molecular complexity index is 885. The third-order valence-electron chi connectivity index (χ3n) is 3.36. The van der Waals surface area contributed by atoms with Gasteiger partial charge >= 0.3 is 11.9 Å². The fourth-order valence-electron chi connectivity index (χ4n) is 2.21. The minimum atomic E-state index is -1.91. The van der Waals surface area contributed by atoms with E-state index in [1.165, 1.54) is 0 Å². The van der Waals surface area contributed by atoms with Crippen LogP contribution in [0.5, 0.6) is 0 Å². The molecule has 0 aromatic carbocycles. The quantitative estimate of drug-likeness (QED) is 0.238. The Labute approximate surface area is 159 Å². The van der Waals surface area contributed by atoms with E-state index in [2.05, 4.69) is 30.4 Å². The van der Waals surface area contributed by atoms with Crippen molar-refractivity contribution in [3.05, 3.63) is 0 Å². The van der Waals surface area contributed by atoms with Gasteiger partial charge < -0.3 is 20.9 Å². The van der Waals surface area contributed by atoms with Gasteiger partial charge in [-0.1, -0.05) is 23.5 Å². The minimum absolute atomic E-state index is 0.0162. The lowest BCUT2D eigenvalue weighted by Gasteiger charge is -2.28. The molecule has 3 rings (SSSR count). The summed E-state index contributed by atoms with van der Waals surface area (Å²) in [5, 5.41) is 11.5. The number of aromatic nitrogens is 6. The third-order valence-corrected chi connectivity index (χ3v) is 5.60. The highest BCUT2D eigenvalue weighted by Crippen LogP contribution is 2.41. The SMILES string of the molecule is CCOC(=O)C1(CSc2n[nH]c(N)n2)OC(=O)C(=O)C1Sc1n[nH]c(N)n1. The summed E-state index contributed by atoms with van der Waals surface area (Å²) in [6, 6.07) is 0. The number of carbonyl (C=O) groups excluding carboxylic acids is 3. The van der Waals surface area contributed by atoms with E-state index < -0.39 is 28.6 Å². The number of esters is 2. The summed E-state index contributed by atoms with van der Waals surface area (Å²) in [6.07, 6.45) is 0. The van der Waals surface area contributed by atoms with Crippen LogP contribution in [-0.2, 0) is 23.9 Å². The molecule has 6 N–H and O–H groups in total. The fourth-order valence-corrected chi connectivity index (χ4v) is 4.36. The lowest BCUT2D eigenvalue weighted by molar-refractivity contribution is -0.171. The number of nitrogens with one attached hydrogen (secondary N) is 2. The maximum atomic E-state index is 12.7. The molecule has 2 aromatic rings. The first kappa shape index (κ1) is 19.0. The topological polar surface area (TPSA) is 205 Å². The summed E-state index contributed by atoms with van der Waals surface area (Å²) >= 11 is 1.73. The molecule has 0 amide bonds. The summed E-state index contributed by atoms with van der Waals surface area (Å²) in [4.78, 5) is 44.8. The van der Waals surface area contributed by atoms with Gasteiger partial charge in [-0.15, -0.1) is 10.2 Å². The van der Waals surface area contributed by atoms with Crippen molar-refractivity contribution in [3.8, 4) is 0 Å². The zero-order valence-corrected chi connectivity index (χ0v) is 15.4. The van der Waals surface area contributed by atoms with Gasteiger partial charge in [0.1, 0.15) is 5.25 Å². The van der Waals surface area contributed by atoms with E-state index in [0.29, 0.717) is 0 Å². The van der Waals surface area contributed by atoms with Crippen LogP contribution in [0.25, 0.3) is 0 Å². The van der Waals surface area contributed by atoms with Crippen LogP contribution in [0.15, 0.2) is 10.3 Å². The van der Waals surface area contributed by atoms with Gasteiger partial charge in [0.25, 0.3) is 5.78 Å². The minimum Gasteiger partial charge on any atom is -0.463 e. The number of H-pyrrole nitrogens is 2. The molecule has 1 saturated heterocycles. The number of Topliss-reactive ketones (excluding diaryl/α,β-unsaturated/α-hetero) is 1. The summed E-state index contributed by atoms with van der Waals surface area (Å²) in [5.74, 6) is -3.03. The van der Waals surface area contributed by atoms with Crippen LogP contribution >= 0.6 is 23.5 Å². The lowest BCUT2D eigenvalue weighted by Crippen LogP contribution is -2.51. The van der Waals surface area contributed by atoms with E-state index in [-0.39, 0.29) is 34.6 Å². The molecule has 13 nitrogen and oxygen atoms in total. The summed E-state index contributed by atoms with van der Waals surface area (Å²) in [7, 11) is 0. The molecule has 27 heavy (non-hydrogen) atoms. The Hall–Kier alpha value is -2.81. The van der Waals surface area contributed by atoms with Gasteiger partial charge in [0.05, 0.1) is 12.4 Å². The zero-order chi connectivity index (χ0) is 19.6. The number of nitrogens with zero attached hydrogens (tertiary/aromatic N) is 4. The summed E-state index contributed by atoms with van der Waals surface area (Å²) in [5.41, 5.74) is 9.03. The molecule has 1 aliphatic heterocycles. The normalized spacial score (nSPS) is 22.0. The highest BCUT2D eigenvalue weighted by atomic mass is 32.2. The molecule has 0 saturated carbocycles. The second-order valence-corrected chi connectivity index (χ2v) is 7.17. The molecule has 144 valence electrons. The second-order valence-electron chi connectivity index (χ2n) is 5.16. The van der Waals surface area contributed by atoms with Crippen molar-refractivity contribution in [3.63, 3.8) is 0 Å². The van der Waals surface area contributed by atoms with Gasteiger partial charge in [0.15, 0.2) is 0 Å². The van der Waals surface area contributed by atoms with Crippen LogP contribution < -0.4 is 11.5 Å². The molecule has 2 atom stereocenters. The Morgan fingerprint density at radius 2 is 1.85 bits per heavy atom. The van der Waals surface area contributed by atoms with Gasteiger partial charge in [0, 0.05) is 0 Å². The Kier molecular flexibility index (Phi) is 5.22. The maximum Gasteiger partial charge on any atom is 0.377 e. The standard InChI is InChI=1S/C12H14N8O5S2/c1-2-24-7(23)12(3-26-10-15-8(13)17-19-10)5(4(21)6(22)25-12)27-11-16-9(14)18-20-11/h5H,2-3H2,1H3,(H3,13,15,17,19)(H3,14,16,18,20). The number of nitrogens with two attached hydrogens (primary N) is 2. The van der Waals surface area contributed by atoms with Crippen LogP contribution in [0.1, 0.15) is 6.92 Å². The van der Waals surface area contributed by atoms with Crippen molar-refractivity contribution in [2.24, 2.45) is 0 Å². The van der Waals surface area contributed by atoms with Crippen LogP contribution in [-0.4, -0.2) is 71.3 Å². The second kappa shape index (κ2) is 7.43. The molecule has 2 aromatic heterocycles. The van der Waals surface area contributed by atoms with Crippen LogP contribution in [0.3, 0.4) is 0 Å². The Balaban J connectivity index is 1.92. The number of hydrogen-bond acceptors (Lipinski definition) is 13. The van der Waals surface area contributed by atoms with E-state index in [1.807, 2.05) is 0 Å². The van der Waals surface area contributed by atoms with Gasteiger partial charge in [-0.3, -0.25) is 4.79 Å². The number of anilines is 2. The van der Waals surface area contributed by atoms with Crippen molar-refractivity contribution >= 4 is 53.1 Å². The first-order valence-electron chi connectivity index (χ1n) is 7.45. The molecule has 0 bridgehead atoms. The van der Waals surface area contributed by atoms with E-state index in [1.54, 1.807) is 6.92 Å². The molecular weight excluding hydrogens is 400 g/mol. The number of nitrogen functional groups attached to an aromatic ring is 2. The van der Waals surface area contributed by atoms with E-state index in [0.717, 1.165) is 23.5 Å². The average Bonchev–Trinajstić information content (AvgIpc) is 3.29. The number of ether oxygens (including phenoxy) is 2. The smallest absolute Gasteiger partial charge is 0.377 e. The van der Waals surface area contributed by atoms with Crippen molar-refractivity contribution in [2.45, 2.75) is 28.1 Å². The number of carbonyl (C=O) groups is 3. The fraction of sp³-hybridized carbons (Fsp3) is 0.417. The maximum absolute atomic E-state index is 12.7. The van der Waals surface area contributed by atoms with Gasteiger partial charge in [-0.2, -0.15) is 9.97 Å². The van der Waals surface area contributed by atoms with Crippen molar-refractivity contribution < 1.29 is 23.9 Å². The van der Waals surface area contributed by atoms with E-state index in [9.17, 15) is 14.4 Å². The lowest BCUT2D eigenvalue weighted by atomic mass is 10.0. The third kappa shape index (κ3) is 3.68. The van der Waals surface area contributed by atoms with E-state index >= 15 is 0 Å². The average molecular weight is 414 g/mol. The van der Waals surface area contributed by atoms with Gasteiger partial charge in [0.2, 0.25) is 27.8 Å². The first-order valence-corrected chi connectivity index (χ1v) is 9.32. The van der Waals surface area contributed by atoms with Crippen LogP contribution in [0.2, 0.25) is 0 Å². The number of hydrogen-bond donors (Lipinski definition) is 4. The Morgan fingerprint density at radius 1 is 1.22 bits per heavy atom. The number of cyclic esters (lactones) is 1. The molecule has 1 fully saturated rings. The largest absolute Gasteiger partial charge is 0.463 e. The highest BCUT2D eigenvalue weighted by Gasteiger charge is 2.62. The molecule has 2 unspecified atom stereocenters. The van der Waals surface area contributed by atoms with Crippen molar-refractivity contribution in [1.82, 2.24) is 30.4 Å². The van der Waals surface area contributed by atoms with Crippen LogP contribution in [0.4, 0.5) is 11.9 Å². The molecule has 0 aliphatic carbocycles. The number of ketones is 1. The monoisotopic (exact) mass is 414 g/mol. The van der Waals surface area contributed by atoms with E-state index in [4.69, 9.17) is 20.9 Å². The number of rotatable bonds is 7. The molecule has 15 heteroatoms. The molecule has 1 aliphatic rings. The summed E-state index contributed by atoms with van der Waals surface area (Å²) < 4.78 is 10.2. The highest BCUT2D eigenvalue weighted by molar-refractivity contribution is 8.01. The molecular formula is C12H14N8O5S2. The number of aromatic amines is 2. The first-order chi connectivity index (χ1) is 12.9. The van der Waals surface area contributed by atoms with Crippen molar-refractivity contribution in [1.29, 1.82) is 0 Å². The molecule has 0 radical (unpaired) electrons. The number of thioether (sulfide) groups is 2. The van der Waals surface area contributed by atoms with Crippen molar-refractivity contribution in [2.75, 3.05) is 23.8 Å². The van der Waals surface area contributed by atoms with Gasteiger partial charge in [-0.25, -0.2) is 19.8 Å². The predicted molar refractivity (Wildman–Crippen MR) is 92.4 cm³/mol. The van der Waals surface area contributed by atoms with Gasteiger partial charge in [-0.05, 0) is 6.92 Å². The van der Waals surface area contributed by atoms with Crippen LogP contribution in [0, 0.1) is 0 Å². The molecule has 3 heterocycles.